The van der Waals surface area contributed by atoms with Gasteiger partial charge in [-0.2, -0.15) is 4.98 Å². The van der Waals surface area contributed by atoms with Gasteiger partial charge in [-0.05, 0) is 45.4 Å². The van der Waals surface area contributed by atoms with Crippen molar-refractivity contribution in [3.63, 3.8) is 0 Å². The van der Waals surface area contributed by atoms with Crippen LogP contribution in [-0.2, 0) is 4.74 Å². The van der Waals surface area contributed by atoms with Crippen molar-refractivity contribution in [2.75, 3.05) is 36.9 Å². The lowest BCUT2D eigenvalue weighted by atomic mass is 9.89. The van der Waals surface area contributed by atoms with E-state index >= 15 is 0 Å². The number of halogens is 1. The van der Waals surface area contributed by atoms with Crippen molar-refractivity contribution in [2.24, 2.45) is 0 Å². The van der Waals surface area contributed by atoms with Gasteiger partial charge in [0.25, 0.3) is 5.88 Å². The lowest BCUT2D eigenvalue weighted by Crippen LogP contribution is -2.45. The van der Waals surface area contributed by atoms with Gasteiger partial charge < -0.3 is 20.1 Å². The summed E-state index contributed by atoms with van der Waals surface area (Å²) >= 11 is 6.23. The van der Waals surface area contributed by atoms with Crippen LogP contribution in [-0.4, -0.2) is 69.1 Å². The number of anilines is 3. The van der Waals surface area contributed by atoms with E-state index in [1.807, 2.05) is 0 Å². The molecule has 2 N–H and O–H groups in total. The lowest BCUT2D eigenvalue weighted by molar-refractivity contribution is 0.000597. The normalized spacial score (nSPS) is 30.1. The quantitative estimate of drug-likeness (QED) is 0.705. The van der Waals surface area contributed by atoms with E-state index < -0.39 is 0 Å². The maximum Gasteiger partial charge on any atom is 0.257 e. The highest BCUT2D eigenvalue weighted by molar-refractivity contribution is 6.32. The SMILES string of the molecule is Cc1c2c(nn1C1CCC(N3CC4CC3CO4)CC1)OCCCNc1nc(ncc1Cl)N2. The minimum atomic E-state index is 0.386. The number of likely N-dealkylation sites (tertiary alicyclic amines) is 1. The molecule has 2 unspecified atom stereocenters. The molecule has 1 saturated carbocycles. The summed E-state index contributed by atoms with van der Waals surface area (Å²) in [6.07, 6.45) is 8.82. The molecule has 32 heavy (non-hydrogen) atoms. The number of morpholine rings is 1. The third-order valence-electron chi connectivity index (χ3n) is 7.37. The van der Waals surface area contributed by atoms with Gasteiger partial charge >= 0.3 is 0 Å². The molecule has 5 heterocycles. The largest absolute Gasteiger partial charge is 0.475 e. The van der Waals surface area contributed by atoms with Gasteiger partial charge in [-0.1, -0.05) is 11.6 Å². The average molecular weight is 460 g/mol. The Labute approximate surface area is 192 Å². The molecule has 0 amide bonds. The first-order valence-electron chi connectivity index (χ1n) is 11.8. The number of hydrogen-bond acceptors (Lipinski definition) is 8. The van der Waals surface area contributed by atoms with Crippen LogP contribution < -0.4 is 15.4 Å². The summed E-state index contributed by atoms with van der Waals surface area (Å²) < 4.78 is 14.0. The van der Waals surface area contributed by atoms with Crippen molar-refractivity contribution >= 4 is 29.1 Å². The summed E-state index contributed by atoms with van der Waals surface area (Å²) in [5.41, 5.74) is 1.90. The zero-order valence-corrected chi connectivity index (χ0v) is 19.1. The molecule has 4 bridgehead atoms. The van der Waals surface area contributed by atoms with Crippen molar-refractivity contribution in [1.29, 1.82) is 0 Å². The van der Waals surface area contributed by atoms with Crippen LogP contribution in [0.15, 0.2) is 6.20 Å². The Morgan fingerprint density at radius 2 is 2.00 bits per heavy atom. The summed E-state index contributed by atoms with van der Waals surface area (Å²) in [5.74, 6) is 1.75. The zero-order valence-electron chi connectivity index (χ0n) is 18.4. The molecule has 0 radical (unpaired) electrons. The highest BCUT2D eigenvalue weighted by atomic mass is 35.5. The number of ether oxygens (including phenoxy) is 2. The fourth-order valence-corrected chi connectivity index (χ4v) is 5.87. The van der Waals surface area contributed by atoms with E-state index in [2.05, 4.69) is 37.1 Å². The summed E-state index contributed by atoms with van der Waals surface area (Å²) in [7, 11) is 0. The first-order chi connectivity index (χ1) is 15.7. The van der Waals surface area contributed by atoms with Crippen LogP contribution in [0.4, 0.5) is 17.5 Å². The molecule has 9 nitrogen and oxygen atoms in total. The molecule has 2 aromatic rings. The van der Waals surface area contributed by atoms with Gasteiger partial charge in [-0.15, -0.1) is 5.10 Å². The first kappa shape index (κ1) is 20.5. The zero-order chi connectivity index (χ0) is 21.7. The van der Waals surface area contributed by atoms with Crippen LogP contribution in [0.25, 0.3) is 0 Å². The Morgan fingerprint density at radius 1 is 1.16 bits per heavy atom. The topological polar surface area (TPSA) is 89.4 Å². The smallest absolute Gasteiger partial charge is 0.257 e. The molecule has 6 rings (SSSR count). The van der Waals surface area contributed by atoms with Gasteiger partial charge in [0.15, 0.2) is 5.82 Å². The van der Waals surface area contributed by atoms with E-state index in [1.165, 1.54) is 19.3 Å². The number of rotatable bonds is 2. The summed E-state index contributed by atoms with van der Waals surface area (Å²) in [4.78, 5) is 11.6. The Bertz CT molecular complexity index is 991. The van der Waals surface area contributed by atoms with Crippen molar-refractivity contribution in [3.05, 3.63) is 16.9 Å². The van der Waals surface area contributed by atoms with Gasteiger partial charge in [-0.25, -0.2) is 4.98 Å². The van der Waals surface area contributed by atoms with E-state index in [0.717, 1.165) is 50.3 Å². The fraction of sp³-hybridized carbons (Fsp3) is 0.682. The fourth-order valence-electron chi connectivity index (χ4n) is 5.71. The molecule has 0 aromatic carbocycles. The van der Waals surface area contributed by atoms with Crippen molar-refractivity contribution in [3.8, 4) is 5.88 Å². The van der Waals surface area contributed by atoms with Crippen LogP contribution in [0.1, 0.15) is 50.3 Å². The molecular weight excluding hydrogens is 430 g/mol. The van der Waals surface area contributed by atoms with Crippen molar-refractivity contribution in [1.82, 2.24) is 24.6 Å². The highest BCUT2D eigenvalue weighted by Crippen LogP contribution is 2.40. The molecule has 0 spiro atoms. The Balaban J connectivity index is 1.21. The predicted molar refractivity (Wildman–Crippen MR) is 122 cm³/mol. The minimum Gasteiger partial charge on any atom is -0.475 e. The van der Waals surface area contributed by atoms with E-state index in [0.29, 0.717) is 53.5 Å². The predicted octanol–water partition coefficient (Wildman–Crippen LogP) is 3.53. The molecule has 3 fully saturated rings. The highest BCUT2D eigenvalue weighted by Gasteiger charge is 2.43. The number of hydrogen-bond donors (Lipinski definition) is 2. The standard InChI is InChI=1S/C22H30ClN7O2/c1-13-19-21(31-8-2-7-24-20-18(23)10-25-22(26-19)27-20)28-30(13)15-5-3-14(4-6-15)29-11-17-9-16(29)12-32-17/h10,14-17H,2-9,11-12H2,1H3,(H2,24,25,26,27). The maximum atomic E-state index is 6.23. The number of nitrogens with one attached hydrogen (secondary N) is 2. The Kier molecular flexibility index (Phi) is 5.35. The minimum absolute atomic E-state index is 0.386. The molecule has 10 heteroatoms. The molecule has 172 valence electrons. The summed E-state index contributed by atoms with van der Waals surface area (Å²) in [6, 6.07) is 1.71. The average Bonchev–Trinajstić information content (AvgIpc) is 3.51. The maximum absolute atomic E-state index is 6.23. The number of nitrogens with zero attached hydrogens (tertiary/aromatic N) is 5. The Hall–Kier alpha value is -2.10. The number of fused-ring (bicyclic) bond motifs is 5. The van der Waals surface area contributed by atoms with Gasteiger partial charge in [0.05, 0.1) is 37.3 Å². The molecule has 2 aromatic heterocycles. The third kappa shape index (κ3) is 3.70. The number of aromatic nitrogens is 4. The van der Waals surface area contributed by atoms with Crippen LogP contribution in [0.2, 0.25) is 5.02 Å². The van der Waals surface area contributed by atoms with Crippen molar-refractivity contribution in [2.45, 2.75) is 69.7 Å². The van der Waals surface area contributed by atoms with E-state index in [1.54, 1.807) is 6.20 Å². The molecule has 1 aliphatic carbocycles. The second-order valence-corrected chi connectivity index (χ2v) is 9.77. The summed E-state index contributed by atoms with van der Waals surface area (Å²) in [6.45, 7) is 5.43. The third-order valence-corrected chi connectivity index (χ3v) is 7.65. The molecule has 2 atom stereocenters. The first-order valence-corrected chi connectivity index (χ1v) is 12.2. The molecule has 2 saturated heterocycles. The van der Waals surface area contributed by atoms with Crippen LogP contribution >= 0.6 is 11.6 Å². The molecular formula is C22H30ClN7O2. The van der Waals surface area contributed by atoms with Gasteiger partial charge in [0.2, 0.25) is 5.95 Å². The lowest BCUT2D eigenvalue weighted by Gasteiger charge is -2.39. The second kappa shape index (κ2) is 8.35. The molecule has 3 aliphatic heterocycles. The van der Waals surface area contributed by atoms with Gasteiger partial charge in [-0.3, -0.25) is 9.58 Å². The van der Waals surface area contributed by atoms with Crippen LogP contribution in [0.3, 0.4) is 0 Å². The van der Waals surface area contributed by atoms with Crippen LogP contribution in [0.5, 0.6) is 5.88 Å². The van der Waals surface area contributed by atoms with Crippen LogP contribution in [0, 0.1) is 6.92 Å². The molecule has 4 aliphatic rings. The summed E-state index contributed by atoms with van der Waals surface area (Å²) in [5, 5.41) is 12.0. The monoisotopic (exact) mass is 459 g/mol. The second-order valence-electron chi connectivity index (χ2n) is 9.36. The van der Waals surface area contributed by atoms with E-state index in [9.17, 15) is 0 Å². The van der Waals surface area contributed by atoms with E-state index in [-0.39, 0.29) is 0 Å². The van der Waals surface area contributed by atoms with E-state index in [4.69, 9.17) is 26.2 Å². The van der Waals surface area contributed by atoms with Crippen molar-refractivity contribution < 1.29 is 9.47 Å². The van der Waals surface area contributed by atoms with Gasteiger partial charge in [0, 0.05) is 25.2 Å². The van der Waals surface area contributed by atoms with Gasteiger partial charge in [0.1, 0.15) is 10.7 Å². The Morgan fingerprint density at radius 3 is 2.78 bits per heavy atom.